The Bertz CT molecular complexity index is 265. The summed E-state index contributed by atoms with van der Waals surface area (Å²) in [6.07, 6.45) is 2.92. The fourth-order valence-corrected chi connectivity index (χ4v) is 2.89. The quantitative estimate of drug-likeness (QED) is 0.676. The summed E-state index contributed by atoms with van der Waals surface area (Å²) in [5.74, 6) is 0.219. The second kappa shape index (κ2) is 4.72. The first-order valence-electron chi connectivity index (χ1n) is 6.34. The summed E-state index contributed by atoms with van der Waals surface area (Å²) >= 11 is 0. The molecular weight excluding hydrogens is 202 g/mol. The summed E-state index contributed by atoms with van der Waals surface area (Å²) < 4.78 is 0. The van der Waals surface area contributed by atoms with Gasteiger partial charge in [-0.25, -0.2) is 0 Å². The number of rotatable bonds is 1. The van der Waals surface area contributed by atoms with Crippen LogP contribution in [0.15, 0.2) is 0 Å². The Morgan fingerprint density at radius 3 is 2.94 bits per heavy atom. The van der Waals surface area contributed by atoms with Crippen LogP contribution in [0.4, 0.5) is 0 Å². The van der Waals surface area contributed by atoms with Gasteiger partial charge in [-0.15, -0.1) is 0 Å². The van der Waals surface area contributed by atoms with Crippen molar-refractivity contribution in [1.82, 2.24) is 15.5 Å². The van der Waals surface area contributed by atoms with Gasteiger partial charge in [-0.3, -0.25) is 9.69 Å². The lowest BCUT2D eigenvalue weighted by molar-refractivity contribution is -0.122. The molecule has 1 amide bonds. The maximum atomic E-state index is 11.6. The van der Waals surface area contributed by atoms with E-state index in [0.29, 0.717) is 12.5 Å². The molecular formula is C12H23N3O. The molecule has 4 nitrogen and oxygen atoms in total. The second-order valence-electron chi connectivity index (χ2n) is 5.53. The molecule has 0 aromatic carbocycles. The lowest BCUT2D eigenvalue weighted by atomic mass is 9.94. The van der Waals surface area contributed by atoms with Crippen LogP contribution in [0.25, 0.3) is 0 Å². The van der Waals surface area contributed by atoms with Gasteiger partial charge in [0.05, 0.1) is 0 Å². The zero-order valence-corrected chi connectivity index (χ0v) is 10.4. The van der Waals surface area contributed by atoms with E-state index in [1.807, 2.05) is 0 Å². The zero-order chi connectivity index (χ0) is 11.6. The number of hydrogen-bond acceptors (Lipinski definition) is 3. The topological polar surface area (TPSA) is 44.4 Å². The Kier molecular flexibility index (Phi) is 3.50. The number of amides is 1. The van der Waals surface area contributed by atoms with Crippen molar-refractivity contribution in [2.45, 2.75) is 44.7 Å². The molecule has 2 aliphatic heterocycles. The molecule has 2 aliphatic rings. The van der Waals surface area contributed by atoms with Crippen molar-refractivity contribution >= 4 is 5.91 Å². The lowest BCUT2D eigenvalue weighted by Crippen LogP contribution is -2.61. The molecule has 2 rings (SSSR count). The number of piperazine rings is 1. The van der Waals surface area contributed by atoms with Crippen LogP contribution in [-0.4, -0.2) is 48.6 Å². The van der Waals surface area contributed by atoms with E-state index in [0.717, 1.165) is 39.0 Å². The monoisotopic (exact) mass is 225 g/mol. The van der Waals surface area contributed by atoms with Crippen molar-refractivity contribution < 1.29 is 4.79 Å². The molecule has 1 atom stereocenters. The molecule has 0 aromatic heterocycles. The predicted molar refractivity (Wildman–Crippen MR) is 64.3 cm³/mol. The van der Waals surface area contributed by atoms with Gasteiger partial charge in [0.15, 0.2) is 0 Å². The van der Waals surface area contributed by atoms with E-state index < -0.39 is 0 Å². The Balaban J connectivity index is 2.06. The third-order valence-corrected chi connectivity index (χ3v) is 3.76. The highest BCUT2D eigenvalue weighted by Crippen LogP contribution is 2.24. The van der Waals surface area contributed by atoms with E-state index >= 15 is 0 Å². The fraction of sp³-hybridized carbons (Fsp3) is 0.917. The van der Waals surface area contributed by atoms with Crippen molar-refractivity contribution in [2.24, 2.45) is 0 Å². The molecule has 2 fully saturated rings. The number of carbonyl (C=O) groups excluding carboxylic acids is 1. The number of nitrogens with one attached hydrogen (secondary N) is 2. The molecule has 16 heavy (non-hydrogen) atoms. The Labute approximate surface area is 97.8 Å². The van der Waals surface area contributed by atoms with E-state index in [4.69, 9.17) is 0 Å². The average molecular weight is 225 g/mol. The summed E-state index contributed by atoms with van der Waals surface area (Å²) in [5.41, 5.74) is 0.174. The first-order chi connectivity index (χ1) is 7.59. The number of nitrogens with zero attached hydrogens (tertiary/aromatic N) is 1. The number of hydrogen-bond donors (Lipinski definition) is 2. The molecule has 2 heterocycles. The molecule has 0 aliphatic carbocycles. The summed E-state index contributed by atoms with van der Waals surface area (Å²) in [5, 5.41) is 6.39. The van der Waals surface area contributed by atoms with E-state index in [1.165, 1.54) is 0 Å². The van der Waals surface area contributed by atoms with Gasteiger partial charge >= 0.3 is 0 Å². The third-order valence-electron chi connectivity index (χ3n) is 3.76. The third kappa shape index (κ3) is 2.55. The van der Waals surface area contributed by atoms with Crippen molar-refractivity contribution in [3.05, 3.63) is 0 Å². The molecule has 2 saturated heterocycles. The maximum Gasteiger partial charge on any atom is 0.221 e. The fourth-order valence-electron chi connectivity index (χ4n) is 2.89. The van der Waals surface area contributed by atoms with Gasteiger partial charge in [-0.2, -0.15) is 0 Å². The van der Waals surface area contributed by atoms with E-state index in [-0.39, 0.29) is 11.4 Å². The minimum absolute atomic E-state index is 0.174. The molecule has 0 aromatic rings. The molecule has 0 bridgehead atoms. The minimum Gasteiger partial charge on any atom is -0.356 e. The van der Waals surface area contributed by atoms with E-state index in [9.17, 15) is 4.79 Å². The Morgan fingerprint density at radius 1 is 1.38 bits per heavy atom. The number of carbonyl (C=O) groups is 1. The largest absolute Gasteiger partial charge is 0.356 e. The van der Waals surface area contributed by atoms with Crippen LogP contribution in [-0.2, 0) is 4.79 Å². The van der Waals surface area contributed by atoms with Crippen LogP contribution in [0.3, 0.4) is 0 Å². The van der Waals surface area contributed by atoms with Crippen LogP contribution in [0.2, 0.25) is 0 Å². The van der Waals surface area contributed by atoms with Crippen LogP contribution in [0.5, 0.6) is 0 Å². The molecule has 1 unspecified atom stereocenters. The molecule has 0 radical (unpaired) electrons. The van der Waals surface area contributed by atoms with Gasteiger partial charge in [0.1, 0.15) is 0 Å². The van der Waals surface area contributed by atoms with Gasteiger partial charge in [-0.1, -0.05) is 0 Å². The van der Waals surface area contributed by atoms with Crippen LogP contribution in [0.1, 0.15) is 33.1 Å². The molecule has 0 spiro atoms. The summed E-state index contributed by atoms with van der Waals surface area (Å²) in [6.45, 7) is 8.50. The van der Waals surface area contributed by atoms with Gasteiger partial charge in [0.2, 0.25) is 5.91 Å². The molecule has 2 N–H and O–H groups in total. The van der Waals surface area contributed by atoms with Crippen molar-refractivity contribution in [3.8, 4) is 0 Å². The smallest absolute Gasteiger partial charge is 0.221 e. The first-order valence-corrected chi connectivity index (χ1v) is 6.34. The van der Waals surface area contributed by atoms with Crippen molar-refractivity contribution in [1.29, 1.82) is 0 Å². The minimum atomic E-state index is 0.174. The van der Waals surface area contributed by atoms with E-state index in [1.54, 1.807) is 0 Å². The predicted octanol–water partition coefficient (Wildman–Crippen LogP) is 0.339. The summed E-state index contributed by atoms with van der Waals surface area (Å²) in [6, 6.07) is 0.430. The van der Waals surface area contributed by atoms with Gasteiger partial charge in [0.25, 0.3) is 0 Å². The zero-order valence-electron chi connectivity index (χ0n) is 10.4. The highest BCUT2D eigenvalue weighted by atomic mass is 16.1. The summed E-state index contributed by atoms with van der Waals surface area (Å²) in [4.78, 5) is 14.1. The van der Waals surface area contributed by atoms with Gasteiger partial charge < -0.3 is 10.6 Å². The van der Waals surface area contributed by atoms with Crippen LogP contribution in [0, 0.1) is 0 Å². The lowest BCUT2D eigenvalue weighted by Gasteiger charge is -2.47. The molecule has 92 valence electrons. The van der Waals surface area contributed by atoms with Gasteiger partial charge in [-0.05, 0) is 26.7 Å². The highest BCUT2D eigenvalue weighted by Gasteiger charge is 2.35. The van der Waals surface area contributed by atoms with E-state index in [2.05, 4.69) is 29.4 Å². The van der Waals surface area contributed by atoms with Gasteiger partial charge in [0, 0.05) is 44.2 Å². The average Bonchev–Trinajstić information content (AvgIpc) is 2.42. The summed E-state index contributed by atoms with van der Waals surface area (Å²) in [7, 11) is 0. The van der Waals surface area contributed by atoms with Crippen molar-refractivity contribution in [2.75, 3.05) is 26.2 Å². The second-order valence-corrected chi connectivity index (χ2v) is 5.53. The molecule has 0 saturated carbocycles. The standard InChI is InChI=1S/C12H23N3O/c1-12(2)9-13-6-7-15(12)10-4-3-5-14-11(16)8-10/h10,13H,3-9H2,1-2H3,(H,14,16). The Hall–Kier alpha value is -0.610. The Morgan fingerprint density at radius 2 is 2.19 bits per heavy atom. The van der Waals surface area contributed by atoms with Crippen LogP contribution < -0.4 is 10.6 Å². The SMILES string of the molecule is CC1(C)CNCCN1C1CCCNC(=O)C1. The maximum absolute atomic E-state index is 11.6. The highest BCUT2D eigenvalue weighted by molar-refractivity contribution is 5.76. The van der Waals surface area contributed by atoms with Crippen molar-refractivity contribution in [3.63, 3.8) is 0 Å². The van der Waals surface area contributed by atoms with Crippen LogP contribution >= 0.6 is 0 Å². The normalized spacial score (nSPS) is 31.9. The first kappa shape index (κ1) is 11.9. The molecule has 4 heteroatoms.